The van der Waals surface area contributed by atoms with Crippen LogP contribution in [0.15, 0.2) is 67.0 Å². The van der Waals surface area contributed by atoms with Crippen molar-refractivity contribution in [3.8, 4) is 0 Å². The second-order valence-electron chi connectivity index (χ2n) is 7.07. The van der Waals surface area contributed by atoms with Gasteiger partial charge in [0.15, 0.2) is 0 Å². The molecule has 0 atom stereocenters. The monoisotopic (exact) mass is 373 g/mol. The molecule has 4 heteroatoms. The molecule has 1 aliphatic rings. The first-order valence-electron chi connectivity index (χ1n) is 9.29. The van der Waals surface area contributed by atoms with Crippen molar-refractivity contribution in [2.45, 2.75) is 13.0 Å². The van der Waals surface area contributed by atoms with E-state index in [-0.39, 0.29) is 0 Å². The van der Waals surface area contributed by atoms with Gasteiger partial charge in [-0.05, 0) is 41.1 Å². The lowest BCUT2D eigenvalue weighted by molar-refractivity contribution is 0.295. The van der Waals surface area contributed by atoms with Crippen LogP contribution in [-0.4, -0.2) is 28.0 Å². The number of aromatic amines is 1. The molecule has 5 rings (SSSR count). The number of fused-ring (bicyclic) bond motifs is 2. The molecular formula is C23H20ClN3. The first kappa shape index (κ1) is 16.5. The fourth-order valence-electron chi connectivity index (χ4n) is 4.02. The summed E-state index contributed by atoms with van der Waals surface area (Å²) in [6.45, 7) is 2.95. The smallest absolute Gasteiger partial charge is 0.137 e. The summed E-state index contributed by atoms with van der Waals surface area (Å²) in [5.74, 6) is 0. The Morgan fingerprint density at radius 3 is 2.70 bits per heavy atom. The van der Waals surface area contributed by atoms with Crippen LogP contribution in [0.5, 0.6) is 0 Å². The summed E-state index contributed by atoms with van der Waals surface area (Å²) >= 11 is 6.36. The standard InChI is InChI=1S/C23H20ClN3/c24-22-8-7-17(18-4-1-2-5-19(18)22)15-27-12-9-16(10-13-27)21-14-26-23-20(21)6-3-11-25-23/h1-9,11,14H,10,12-13,15H2,(H,25,26). The predicted octanol–water partition coefficient (Wildman–Crippen LogP) is 5.66. The number of H-pyrrole nitrogens is 1. The van der Waals surface area contributed by atoms with Crippen LogP contribution in [0.1, 0.15) is 17.5 Å². The normalized spacial score (nSPS) is 15.4. The van der Waals surface area contributed by atoms with Crippen LogP contribution < -0.4 is 0 Å². The number of hydrogen-bond donors (Lipinski definition) is 1. The minimum Gasteiger partial charge on any atom is -0.346 e. The number of nitrogens with zero attached hydrogens (tertiary/aromatic N) is 2. The van der Waals surface area contributed by atoms with Gasteiger partial charge in [-0.15, -0.1) is 0 Å². The molecule has 27 heavy (non-hydrogen) atoms. The maximum atomic E-state index is 6.36. The van der Waals surface area contributed by atoms with Crippen LogP contribution in [0.2, 0.25) is 5.02 Å². The number of hydrogen-bond acceptors (Lipinski definition) is 2. The summed E-state index contributed by atoms with van der Waals surface area (Å²) in [7, 11) is 0. The van der Waals surface area contributed by atoms with Crippen molar-refractivity contribution in [2.75, 3.05) is 13.1 Å². The van der Waals surface area contributed by atoms with Crippen LogP contribution in [-0.2, 0) is 6.54 Å². The van der Waals surface area contributed by atoms with Gasteiger partial charge >= 0.3 is 0 Å². The summed E-state index contributed by atoms with van der Waals surface area (Å²) in [6, 6.07) is 16.7. The van der Waals surface area contributed by atoms with Gasteiger partial charge in [0, 0.05) is 53.4 Å². The zero-order chi connectivity index (χ0) is 18.2. The van der Waals surface area contributed by atoms with Crippen LogP contribution in [0.4, 0.5) is 0 Å². The topological polar surface area (TPSA) is 31.9 Å². The van der Waals surface area contributed by atoms with Crippen LogP contribution in [0.25, 0.3) is 27.4 Å². The highest BCUT2D eigenvalue weighted by atomic mass is 35.5. The molecule has 0 unspecified atom stereocenters. The van der Waals surface area contributed by atoms with E-state index in [4.69, 9.17) is 11.6 Å². The van der Waals surface area contributed by atoms with Gasteiger partial charge in [0.1, 0.15) is 5.65 Å². The number of nitrogens with one attached hydrogen (secondary N) is 1. The fourth-order valence-corrected chi connectivity index (χ4v) is 4.25. The molecule has 0 radical (unpaired) electrons. The summed E-state index contributed by atoms with van der Waals surface area (Å²) in [4.78, 5) is 10.2. The molecule has 0 spiro atoms. The Morgan fingerprint density at radius 2 is 1.85 bits per heavy atom. The molecule has 3 heterocycles. The highest BCUT2D eigenvalue weighted by Gasteiger charge is 2.17. The summed E-state index contributed by atoms with van der Waals surface area (Å²) in [5, 5.41) is 4.42. The van der Waals surface area contributed by atoms with E-state index >= 15 is 0 Å². The molecule has 2 aromatic heterocycles. The third-order valence-corrected chi connectivity index (χ3v) is 5.78. The zero-order valence-electron chi connectivity index (χ0n) is 15.0. The second kappa shape index (κ2) is 6.84. The number of pyridine rings is 1. The highest BCUT2D eigenvalue weighted by molar-refractivity contribution is 6.35. The average molecular weight is 374 g/mol. The lowest BCUT2D eigenvalue weighted by Gasteiger charge is -2.27. The Morgan fingerprint density at radius 1 is 1.00 bits per heavy atom. The number of halogens is 1. The van der Waals surface area contributed by atoms with Crippen molar-refractivity contribution in [3.63, 3.8) is 0 Å². The van der Waals surface area contributed by atoms with E-state index in [0.29, 0.717) is 0 Å². The minimum absolute atomic E-state index is 0.822. The number of aromatic nitrogens is 2. The molecule has 0 amide bonds. The maximum absolute atomic E-state index is 6.36. The molecule has 4 aromatic rings. The molecule has 0 fully saturated rings. The molecular weight excluding hydrogens is 354 g/mol. The molecule has 3 nitrogen and oxygen atoms in total. The lowest BCUT2D eigenvalue weighted by atomic mass is 9.98. The van der Waals surface area contributed by atoms with Gasteiger partial charge in [0.05, 0.1) is 0 Å². The first-order valence-corrected chi connectivity index (χ1v) is 9.67. The molecule has 0 saturated heterocycles. The predicted molar refractivity (Wildman–Crippen MR) is 113 cm³/mol. The quantitative estimate of drug-likeness (QED) is 0.502. The Bertz CT molecular complexity index is 1160. The van der Waals surface area contributed by atoms with Crippen molar-refractivity contribution in [1.29, 1.82) is 0 Å². The highest BCUT2D eigenvalue weighted by Crippen LogP contribution is 2.30. The van der Waals surface area contributed by atoms with E-state index in [0.717, 1.165) is 42.1 Å². The molecule has 0 aliphatic carbocycles. The van der Waals surface area contributed by atoms with E-state index < -0.39 is 0 Å². The third-order valence-electron chi connectivity index (χ3n) is 5.45. The number of benzene rings is 2. The van der Waals surface area contributed by atoms with Gasteiger partial charge in [0.25, 0.3) is 0 Å². The van der Waals surface area contributed by atoms with E-state index in [2.05, 4.69) is 57.5 Å². The van der Waals surface area contributed by atoms with Crippen molar-refractivity contribution >= 4 is 39.0 Å². The summed E-state index contributed by atoms with van der Waals surface area (Å²) in [5.41, 5.74) is 4.99. The van der Waals surface area contributed by atoms with Crippen molar-refractivity contribution in [1.82, 2.24) is 14.9 Å². The van der Waals surface area contributed by atoms with Gasteiger partial charge in [0.2, 0.25) is 0 Å². The van der Waals surface area contributed by atoms with Crippen LogP contribution in [0.3, 0.4) is 0 Å². The SMILES string of the molecule is Clc1ccc(CN2CC=C(c3c[nH]c4ncccc34)CC2)c2ccccc12. The van der Waals surface area contributed by atoms with Gasteiger partial charge in [-0.2, -0.15) is 0 Å². The van der Waals surface area contributed by atoms with E-state index in [1.54, 1.807) is 0 Å². The van der Waals surface area contributed by atoms with Gasteiger partial charge in [-0.3, -0.25) is 4.90 Å². The maximum Gasteiger partial charge on any atom is 0.137 e. The summed E-state index contributed by atoms with van der Waals surface area (Å²) < 4.78 is 0. The molecule has 1 aliphatic heterocycles. The molecule has 0 saturated carbocycles. The first-order chi connectivity index (χ1) is 13.3. The summed E-state index contributed by atoms with van der Waals surface area (Å²) in [6.07, 6.45) is 7.33. The Kier molecular flexibility index (Phi) is 4.19. The Labute approximate surface area is 163 Å². The third kappa shape index (κ3) is 3.03. The van der Waals surface area contributed by atoms with Gasteiger partial charge in [-0.25, -0.2) is 4.98 Å². The van der Waals surface area contributed by atoms with E-state index in [1.807, 2.05) is 24.4 Å². The Hall–Kier alpha value is -2.62. The molecule has 0 bridgehead atoms. The van der Waals surface area contributed by atoms with Crippen molar-refractivity contribution in [2.24, 2.45) is 0 Å². The van der Waals surface area contributed by atoms with Crippen molar-refractivity contribution in [3.05, 3.63) is 83.2 Å². The zero-order valence-corrected chi connectivity index (χ0v) is 15.7. The van der Waals surface area contributed by atoms with Crippen molar-refractivity contribution < 1.29 is 0 Å². The van der Waals surface area contributed by atoms with Gasteiger partial charge in [-0.1, -0.05) is 48.0 Å². The number of rotatable bonds is 3. The largest absolute Gasteiger partial charge is 0.346 e. The van der Waals surface area contributed by atoms with Crippen LogP contribution >= 0.6 is 11.6 Å². The molecule has 2 aromatic carbocycles. The molecule has 1 N–H and O–H groups in total. The Balaban J connectivity index is 1.39. The minimum atomic E-state index is 0.822. The average Bonchev–Trinajstić information content (AvgIpc) is 3.15. The second-order valence-corrected chi connectivity index (χ2v) is 7.48. The van der Waals surface area contributed by atoms with Crippen LogP contribution in [0, 0.1) is 0 Å². The van der Waals surface area contributed by atoms with E-state index in [9.17, 15) is 0 Å². The van der Waals surface area contributed by atoms with Gasteiger partial charge < -0.3 is 4.98 Å². The lowest BCUT2D eigenvalue weighted by Crippen LogP contribution is -2.28. The van der Waals surface area contributed by atoms with E-state index in [1.165, 1.54) is 27.5 Å². The fraction of sp³-hybridized carbons (Fsp3) is 0.174. The molecule has 134 valence electrons.